The van der Waals surface area contributed by atoms with Gasteiger partial charge in [0.25, 0.3) is 6.33 Å². The summed E-state index contributed by atoms with van der Waals surface area (Å²) >= 11 is 0. The lowest BCUT2D eigenvalue weighted by Gasteiger charge is -1.94. The Bertz CT molecular complexity index is 425. The molecule has 5 heteroatoms. The van der Waals surface area contributed by atoms with Gasteiger partial charge in [-0.1, -0.05) is 0 Å². The summed E-state index contributed by atoms with van der Waals surface area (Å²) in [5, 5.41) is 0. The van der Waals surface area contributed by atoms with Crippen LogP contribution in [-0.4, -0.2) is 18.1 Å². The predicted molar refractivity (Wildman–Crippen MR) is 48.2 cm³/mol. The summed E-state index contributed by atoms with van der Waals surface area (Å²) in [6, 6.07) is 0. The van der Waals surface area contributed by atoms with Crippen molar-refractivity contribution in [3.05, 3.63) is 18.7 Å². The summed E-state index contributed by atoms with van der Waals surface area (Å²) < 4.78 is 25.7. The van der Waals surface area contributed by atoms with E-state index < -0.39 is 10.0 Å². The smallest absolute Gasteiger partial charge is 0.239 e. The lowest BCUT2D eigenvalue weighted by atomic mass is 10.5. The largest absolute Gasteiger partial charge is 0.305 e. The van der Waals surface area contributed by atoms with Gasteiger partial charge in [-0.05, 0) is 0 Å². The molecule has 0 atom stereocenters. The Kier molecular flexibility index (Phi) is 2.73. The number of aryl methyl sites for hydroxylation is 1. The SMILES string of the molecule is C#CCCS(=O)(=O)n1cc[n+](C)c1. The summed E-state index contributed by atoms with van der Waals surface area (Å²) in [4.78, 5) is 0. The van der Waals surface area contributed by atoms with Crippen LogP contribution in [0.4, 0.5) is 0 Å². The monoisotopic (exact) mass is 199 g/mol. The van der Waals surface area contributed by atoms with Crippen LogP contribution in [0.2, 0.25) is 0 Å². The zero-order chi connectivity index (χ0) is 9.90. The van der Waals surface area contributed by atoms with Crippen molar-refractivity contribution < 1.29 is 13.0 Å². The number of aromatic nitrogens is 2. The second-order valence-electron chi connectivity index (χ2n) is 2.68. The fourth-order valence-electron chi connectivity index (χ4n) is 0.885. The van der Waals surface area contributed by atoms with Gasteiger partial charge in [-0.15, -0.1) is 16.3 Å². The maximum Gasteiger partial charge on any atom is 0.305 e. The van der Waals surface area contributed by atoms with E-state index >= 15 is 0 Å². The third-order valence-corrected chi connectivity index (χ3v) is 3.15. The second-order valence-corrected chi connectivity index (χ2v) is 4.67. The van der Waals surface area contributed by atoms with E-state index in [0.29, 0.717) is 0 Å². The molecule has 0 bridgehead atoms. The first-order chi connectivity index (χ1) is 6.06. The van der Waals surface area contributed by atoms with Gasteiger partial charge in [0.05, 0.1) is 7.05 Å². The van der Waals surface area contributed by atoms with Crippen LogP contribution in [0.5, 0.6) is 0 Å². The zero-order valence-electron chi connectivity index (χ0n) is 7.34. The van der Waals surface area contributed by atoms with Gasteiger partial charge in [0.15, 0.2) is 0 Å². The Balaban J connectivity index is 2.89. The second kappa shape index (κ2) is 3.62. The predicted octanol–water partition coefficient (Wildman–Crippen LogP) is -0.486. The molecule has 0 spiro atoms. The first-order valence-corrected chi connectivity index (χ1v) is 5.37. The molecule has 0 amide bonds. The molecular formula is C8H11N2O2S+. The number of rotatable bonds is 3. The summed E-state index contributed by atoms with van der Waals surface area (Å²) in [5.41, 5.74) is 0. The van der Waals surface area contributed by atoms with Crippen molar-refractivity contribution in [3.8, 4) is 12.3 Å². The third kappa shape index (κ3) is 2.33. The minimum atomic E-state index is -3.25. The van der Waals surface area contributed by atoms with Gasteiger partial charge in [-0.25, -0.2) is 4.57 Å². The van der Waals surface area contributed by atoms with E-state index in [1.165, 1.54) is 16.5 Å². The molecule has 0 saturated heterocycles. The fourth-order valence-corrected chi connectivity index (χ4v) is 2.00. The molecule has 1 heterocycles. The van der Waals surface area contributed by atoms with Crippen LogP contribution in [0, 0.1) is 12.3 Å². The first kappa shape index (κ1) is 9.81. The van der Waals surface area contributed by atoms with Crippen molar-refractivity contribution in [1.29, 1.82) is 0 Å². The number of hydrogen-bond donors (Lipinski definition) is 0. The van der Waals surface area contributed by atoms with Crippen molar-refractivity contribution in [3.63, 3.8) is 0 Å². The Morgan fingerprint density at radius 1 is 1.62 bits per heavy atom. The molecule has 4 nitrogen and oxygen atoms in total. The highest BCUT2D eigenvalue weighted by atomic mass is 32.2. The Labute approximate surface area is 77.9 Å². The fraction of sp³-hybridized carbons (Fsp3) is 0.375. The van der Waals surface area contributed by atoms with E-state index in [1.54, 1.807) is 17.8 Å². The molecule has 0 unspecified atom stereocenters. The molecule has 1 aromatic heterocycles. The van der Waals surface area contributed by atoms with Gasteiger partial charge in [-0.3, -0.25) is 0 Å². The molecule has 1 aromatic rings. The maximum atomic E-state index is 11.5. The summed E-state index contributed by atoms with van der Waals surface area (Å²) in [5.74, 6) is 2.29. The van der Waals surface area contributed by atoms with Gasteiger partial charge in [-0.2, -0.15) is 8.42 Å². The highest BCUT2D eigenvalue weighted by molar-refractivity contribution is 7.89. The van der Waals surface area contributed by atoms with Crippen molar-refractivity contribution >= 4 is 10.0 Å². The van der Waals surface area contributed by atoms with Gasteiger partial charge >= 0.3 is 10.0 Å². The zero-order valence-corrected chi connectivity index (χ0v) is 8.16. The first-order valence-electron chi connectivity index (χ1n) is 3.76. The van der Waals surface area contributed by atoms with E-state index in [9.17, 15) is 8.42 Å². The molecule has 0 aromatic carbocycles. The average Bonchev–Trinajstić information content (AvgIpc) is 2.49. The van der Waals surface area contributed by atoms with Crippen LogP contribution >= 0.6 is 0 Å². The molecule has 70 valence electrons. The highest BCUT2D eigenvalue weighted by Crippen LogP contribution is 1.97. The number of imidazole rings is 1. The van der Waals surface area contributed by atoms with E-state index in [1.807, 2.05) is 0 Å². The van der Waals surface area contributed by atoms with Crippen LogP contribution in [0.15, 0.2) is 18.7 Å². The molecule has 1 rings (SSSR count). The minimum Gasteiger partial charge on any atom is -0.239 e. The van der Waals surface area contributed by atoms with Crippen LogP contribution in [0.25, 0.3) is 0 Å². The third-order valence-electron chi connectivity index (χ3n) is 1.57. The van der Waals surface area contributed by atoms with Crippen LogP contribution in [0.3, 0.4) is 0 Å². The molecule has 0 saturated carbocycles. The van der Waals surface area contributed by atoms with E-state index in [2.05, 4.69) is 5.92 Å². The highest BCUT2D eigenvalue weighted by Gasteiger charge is 2.17. The van der Waals surface area contributed by atoms with Crippen LogP contribution < -0.4 is 4.57 Å². The topological polar surface area (TPSA) is 43.0 Å². The van der Waals surface area contributed by atoms with Gasteiger partial charge in [0.1, 0.15) is 18.1 Å². The number of terminal acetylenes is 1. The van der Waals surface area contributed by atoms with Crippen molar-refractivity contribution in [1.82, 2.24) is 3.97 Å². The van der Waals surface area contributed by atoms with Crippen molar-refractivity contribution in [2.75, 3.05) is 5.75 Å². The quantitative estimate of drug-likeness (QED) is 0.487. The van der Waals surface area contributed by atoms with Crippen LogP contribution in [-0.2, 0) is 17.1 Å². The molecule has 0 radical (unpaired) electrons. The van der Waals surface area contributed by atoms with E-state index in [0.717, 1.165) is 0 Å². The molecule has 0 aliphatic carbocycles. The van der Waals surface area contributed by atoms with Gasteiger partial charge < -0.3 is 0 Å². The van der Waals surface area contributed by atoms with Crippen molar-refractivity contribution in [2.24, 2.45) is 7.05 Å². The van der Waals surface area contributed by atoms with Crippen molar-refractivity contribution in [2.45, 2.75) is 6.42 Å². The van der Waals surface area contributed by atoms with Gasteiger partial charge in [0, 0.05) is 6.42 Å². The molecule has 0 N–H and O–H groups in total. The normalized spacial score (nSPS) is 11.1. The Morgan fingerprint density at radius 3 is 2.77 bits per heavy atom. The lowest BCUT2D eigenvalue weighted by Crippen LogP contribution is -2.25. The summed E-state index contributed by atoms with van der Waals surface area (Å²) in [6.45, 7) is 0. The summed E-state index contributed by atoms with van der Waals surface area (Å²) in [7, 11) is -1.49. The minimum absolute atomic E-state index is 0.0157. The summed E-state index contributed by atoms with van der Waals surface area (Å²) in [6.07, 6.45) is 9.87. The van der Waals surface area contributed by atoms with E-state index in [-0.39, 0.29) is 12.2 Å². The maximum absolute atomic E-state index is 11.5. The standard InChI is InChI=1S/C8H11N2O2S/c1-3-4-7-13(11,12)10-6-5-9(2)8-10/h1,5-6,8H,4,7H2,2H3/q+1. The number of nitrogens with zero attached hydrogens (tertiary/aromatic N) is 2. The molecule has 13 heavy (non-hydrogen) atoms. The molecule has 0 aliphatic rings. The van der Waals surface area contributed by atoms with E-state index in [4.69, 9.17) is 6.42 Å². The molecule has 0 aliphatic heterocycles. The van der Waals surface area contributed by atoms with Crippen LogP contribution in [0.1, 0.15) is 6.42 Å². The molecular weight excluding hydrogens is 188 g/mol. The molecule has 0 fully saturated rings. The Morgan fingerprint density at radius 2 is 2.31 bits per heavy atom. The van der Waals surface area contributed by atoms with Gasteiger partial charge in [0.2, 0.25) is 0 Å². The Hall–Kier alpha value is -1.28. The number of hydrogen-bond acceptors (Lipinski definition) is 2. The lowest BCUT2D eigenvalue weighted by molar-refractivity contribution is -0.670. The average molecular weight is 199 g/mol.